The summed E-state index contributed by atoms with van der Waals surface area (Å²) in [5, 5.41) is 2.87. The van der Waals surface area contributed by atoms with Crippen molar-refractivity contribution in [2.45, 2.75) is 18.4 Å². The number of nitrogens with one attached hydrogen (secondary N) is 1. The average Bonchev–Trinajstić information content (AvgIpc) is 3.13. The molecule has 0 saturated carbocycles. The largest absolute Gasteiger partial charge is 0.360 e. The summed E-state index contributed by atoms with van der Waals surface area (Å²) in [4.78, 5) is 30.4. The van der Waals surface area contributed by atoms with Crippen LogP contribution < -0.4 is 5.32 Å². The van der Waals surface area contributed by atoms with Gasteiger partial charge in [0.25, 0.3) is 11.8 Å². The average molecular weight is 339 g/mol. The fraction of sp³-hybridized carbons (Fsp3) is 0.316. The quantitative estimate of drug-likeness (QED) is 0.929. The standard InChI is InChI=1S/C19H21N3O3/c1-22(2)17(23)16-10-9-15(13-20-16)21-18(24)19(11-6-12-25-19)14-7-4-3-5-8-14/h3-5,7-10,13H,6,11-12H2,1-2H3,(H,21,24). The second kappa shape index (κ2) is 7.03. The highest BCUT2D eigenvalue weighted by molar-refractivity contribution is 5.98. The lowest BCUT2D eigenvalue weighted by Gasteiger charge is -2.27. The second-order valence-electron chi connectivity index (χ2n) is 6.23. The molecule has 0 aliphatic carbocycles. The molecule has 1 aromatic heterocycles. The Morgan fingerprint density at radius 1 is 1.16 bits per heavy atom. The third-order valence-electron chi connectivity index (χ3n) is 4.28. The molecule has 1 unspecified atom stereocenters. The zero-order chi connectivity index (χ0) is 17.9. The number of hydrogen-bond donors (Lipinski definition) is 1. The molecule has 2 heterocycles. The van der Waals surface area contributed by atoms with Crippen molar-refractivity contribution in [3.63, 3.8) is 0 Å². The van der Waals surface area contributed by atoms with Gasteiger partial charge in [0.15, 0.2) is 5.60 Å². The maximum absolute atomic E-state index is 12.9. The zero-order valence-electron chi connectivity index (χ0n) is 14.4. The van der Waals surface area contributed by atoms with E-state index in [2.05, 4.69) is 10.3 Å². The molecular formula is C19H21N3O3. The number of nitrogens with zero attached hydrogens (tertiary/aromatic N) is 2. The van der Waals surface area contributed by atoms with Gasteiger partial charge in [0, 0.05) is 20.7 Å². The summed E-state index contributed by atoms with van der Waals surface area (Å²) < 4.78 is 5.86. The van der Waals surface area contributed by atoms with E-state index in [1.165, 1.54) is 11.1 Å². The number of carbonyl (C=O) groups excluding carboxylic acids is 2. The van der Waals surface area contributed by atoms with E-state index < -0.39 is 5.60 Å². The van der Waals surface area contributed by atoms with Crippen LogP contribution in [0.4, 0.5) is 5.69 Å². The summed E-state index contributed by atoms with van der Waals surface area (Å²) in [6, 6.07) is 12.8. The van der Waals surface area contributed by atoms with E-state index in [9.17, 15) is 9.59 Å². The summed E-state index contributed by atoms with van der Waals surface area (Å²) >= 11 is 0. The molecular weight excluding hydrogens is 318 g/mol. The van der Waals surface area contributed by atoms with Crippen LogP contribution in [0.1, 0.15) is 28.9 Å². The Bertz CT molecular complexity index is 751. The SMILES string of the molecule is CN(C)C(=O)c1ccc(NC(=O)C2(c3ccccc3)CCCO2)cn1. The van der Waals surface area contributed by atoms with Crippen LogP contribution in [-0.4, -0.2) is 42.4 Å². The van der Waals surface area contributed by atoms with Gasteiger partial charge >= 0.3 is 0 Å². The van der Waals surface area contributed by atoms with Crippen molar-refractivity contribution in [3.05, 3.63) is 59.9 Å². The topological polar surface area (TPSA) is 71.5 Å². The second-order valence-corrected chi connectivity index (χ2v) is 6.23. The van der Waals surface area contributed by atoms with Crippen LogP contribution in [0.25, 0.3) is 0 Å². The van der Waals surface area contributed by atoms with Crippen molar-refractivity contribution in [2.24, 2.45) is 0 Å². The number of aromatic nitrogens is 1. The Hall–Kier alpha value is -2.73. The number of carbonyl (C=O) groups is 2. The third kappa shape index (κ3) is 3.39. The number of hydrogen-bond acceptors (Lipinski definition) is 4. The predicted octanol–water partition coefficient (Wildman–Crippen LogP) is 2.43. The minimum atomic E-state index is -0.973. The van der Waals surface area contributed by atoms with Gasteiger partial charge in [-0.05, 0) is 30.5 Å². The van der Waals surface area contributed by atoms with Crippen LogP contribution in [0.2, 0.25) is 0 Å². The van der Waals surface area contributed by atoms with E-state index in [-0.39, 0.29) is 11.8 Å². The molecule has 1 fully saturated rings. The van der Waals surface area contributed by atoms with Crippen molar-refractivity contribution in [2.75, 3.05) is 26.0 Å². The Labute approximate surface area is 146 Å². The lowest BCUT2D eigenvalue weighted by Crippen LogP contribution is -2.39. The van der Waals surface area contributed by atoms with Crippen molar-refractivity contribution in [1.82, 2.24) is 9.88 Å². The van der Waals surface area contributed by atoms with Crippen molar-refractivity contribution in [1.29, 1.82) is 0 Å². The van der Waals surface area contributed by atoms with Gasteiger partial charge < -0.3 is 15.0 Å². The maximum Gasteiger partial charge on any atom is 0.271 e. The Kier molecular flexibility index (Phi) is 4.81. The highest BCUT2D eigenvalue weighted by Gasteiger charge is 2.44. The van der Waals surface area contributed by atoms with Crippen LogP contribution in [0.5, 0.6) is 0 Å². The van der Waals surface area contributed by atoms with Gasteiger partial charge in [-0.25, -0.2) is 4.98 Å². The Morgan fingerprint density at radius 2 is 1.92 bits per heavy atom. The highest BCUT2D eigenvalue weighted by Crippen LogP contribution is 2.37. The fourth-order valence-electron chi connectivity index (χ4n) is 2.94. The molecule has 6 nitrogen and oxygen atoms in total. The molecule has 0 spiro atoms. The fourth-order valence-corrected chi connectivity index (χ4v) is 2.94. The lowest BCUT2D eigenvalue weighted by atomic mass is 9.90. The first-order valence-electron chi connectivity index (χ1n) is 8.21. The summed E-state index contributed by atoms with van der Waals surface area (Å²) in [5.41, 5.74) is 0.737. The van der Waals surface area contributed by atoms with Gasteiger partial charge in [-0.3, -0.25) is 9.59 Å². The lowest BCUT2D eigenvalue weighted by molar-refractivity contribution is -0.136. The summed E-state index contributed by atoms with van der Waals surface area (Å²) in [7, 11) is 3.33. The molecule has 1 saturated heterocycles. The Morgan fingerprint density at radius 3 is 2.48 bits per heavy atom. The molecule has 1 N–H and O–H groups in total. The molecule has 25 heavy (non-hydrogen) atoms. The predicted molar refractivity (Wildman–Crippen MR) is 94.2 cm³/mol. The monoisotopic (exact) mass is 339 g/mol. The molecule has 2 aromatic rings. The molecule has 0 bridgehead atoms. The van der Waals surface area contributed by atoms with Gasteiger partial charge in [-0.2, -0.15) is 0 Å². The van der Waals surface area contributed by atoms with Gasteiger partial charge in [0.2, 0.25) is 0 Å². The van der Waals surface area contributed by atoms with Gasteiger partial charge in [0.1, 0.15) is 5.69 Å². The smallest absolute Gasteiger partial charge is 0.271 e. The molecule has 1 aromatic carbocycles. The zero-order valence-corrected chi connectivity index (χ0v) is 14.4. The van der Waals surface area contributed by atoms with E-state index in [4.69, 9.17) is 4.74 Å². The van der Waals surface area contributed by atoms with E-state index in [0.29, 0.717) is 24.4 Å². The van der Waals surface area contributed by atoms with Crippen LogP contribution in [0.15, 0.2) is 48.7 Å². The summed E-state index contributed by atoms with van der Waals surface area (Å²) in [5.74, 6) is -0.401. The van der Waals surface area contributed by atoms with Crippen LogP contribution >= 0.6 is 0 Å². The molecule has 1 aliphatic heterocycles. The summed E-state index contributed by atoms with van der Waals surface area (Å²) in [6.07, 6.45) is 2.95. The van der Waals surface area contributed by atoms with E-state index in [1.54, 1.807) is 26.2 Å². The molecule has 6 heteroatoms. The molecule has 1 atom stereocenters. The number of benzene rings is 1. The first kappa shape index (κ1) is 17.1. The normalized spacial score (nSPS) is 19.4. The number of amides is 2. The van der Waals surface area contributed by atoms with E-state index >= 15 is 0 Å². The minimum Gasteiger partial charge on any atom is -0.360 e. The van der Waals surface area contributed by atoms with Crippen LogP contribution in [0.3, 0.4) is 0 Å². The number of rotatable bonds is 4. The first-order chi connectivity index (χ1) is 12.0. The molecule has 0 radical (unpaired) electrons. The first-order valence-corrected chi connectivity index (χ1v) is 8.21. The minimum absolute atomic E-state index is 0.183. The summed E-state index contributed by atoms with van der Waals surface area (Å²) in [6.45, 7) is 0.552. The molecule has 2 amide bonds. The van der Waals surface area contributed by atoms with Crippen molar-refractivity contribution >= 4 is 17.5 Å². The highest BCUT2D eigenvalue weighted by atomic mass is 16.5. The van der Waals surface area contributed by atoms with Gasteiger partial charge in [-0.1, -0.05) is 30.3 Å². The van der Waals surface area contributed by atoms with Crippen molar-refractivity contribution in [3.8, 4) is 0 Å². The van der Waals surface area contributed by atoms with Crippen molar-refractivity contribution < 1.29 is 14.3 Å². The third-order valence-corrected chi connectivity index (χ3v) is 4.28. The molecule has 1 aliphatic rings. The Balaban J connectivity index is 1.80. The van der Waals surface area contributed by atoms with Gasteiger partial charge in [-0.15, -0.1) is 0 Å². The number of ether oxygens (including phenoxy) is 1. The van der Waals surface area contributed by atoms with E-state index in [1.807, 2.05) is 30.3 Å². The van der Waals surface area contributed by atoms with Gasteiger partial charge in [0.05, 0.1) is 11.9 Å². The van der Waals surface area contributed by atoms with E-state index in [0.717, 1.165) is 12.0 Å². The number of anilines is 1. The van der Waals surface area contributed by atoms with Crippen LogP contribution in [-0.2, 0) is 15.1 Å². The number of pyridine rings is 1. The molecule has 130 valence electrons. The maximum atomic E-state index is 12.9. The molecule has 3 rings (SSSR count). The van der Waals surface area contributed by atoms with Crippen LogP contribution in [0, 0.1) is 0 Å².